The molecule has 47 heavy (non-hydrogen) atoms. The van der Waals surface area contributed by atoms with E-state index in [0.717, 1.165) is 44.9 Å². The molecule has 0 radical (unpaired) electrons. The summed E-state index contributed by atoms with van der Waals surface area (Å²) in [5.41, 5.74) is 4.46. The van der Waals surface area contributed by atoms with Gasteiger partial charge in [0, 0.05) is 19.5 Å². The van der Waals surface area contributed by atoms with Crippen molar-refractivity contribution in [3.05, 3.63) is 0 Å². The second kappa shape index (κ2) is 14.9. The Balaban J connectivity index is 1.48. The van der Waals surface area contributed by atoms with Gasteiger partial charge in [-0.1, -0.05) is 66.7 Å². The molecule has 13 heteroatoms. The van der Waals surface area contributed by atoms with Crippen molar-refractivity contribution in [2.45, 2.75) is 142 Å². The van der Waals surface area contributed by atoms with E-state index in [9.17, 15) is 33.9 Å². The van der Waals surface area contributed by atoms with Crippen LogP contribution in [-0.2, 0) is 24.0 Å². The smallest absolute Gasteiger partial charge is 0.315 e. The van der Waals surface area contributed by atoms with Gasteiger partial charge in [-0.25, -0.2) is 4.79 Å². The number of carbonyl (C=O) groups excluding carboxylic acids is 6. The molecule has 0 spiro atoms. The number of rotatable bonds is 12. The van der Waals surface area contributed by atoms with Crippen LogP contribution in [0.5, 0.6) is 0 Å². The summed E-state index contributed by atoms with van der Waals surface area (Å²) in [6, 6.07) is -3.81. The molecule has 264 valence electrons. The predicted octanol–water partition coefficient (Wildman–Crippen LogP) is 1.95. The van der Waals surface area contributed by atoms with Crippen molar-refractivity contribution in [2.24, 2.45) is 28.4 Å². The highest BCUT2D eigenvalue weighted by atomic mass is 16.3. The molecule has 2 unspecified atom stereocenters. The number of nitrogens with one attached hydrogen (secondary N) is 3. The number of hydrogen-bond acceptors (Lipinski definition) is 7. The van der Waals surface area contributed by atoms with Gasteiger partial charge >= 0.3 is 6.03 Å². The number of aliphatic hydroxyl groups excluding tert-OH is 1. The third-order valence-corrected chi connectivity index (χ3v) is 10.4. The van der Waals surface area contributed by atoms with Gasteiger partial charge < -0.3 is 36.6 Å². The molecule has 4 aliphatic rings. The van der Waals surface area contributed by atoms with E-state index in [2.05, 4.69) is 16.0 Å². The van der Waals surface area contributed by atoms with Crippen molar-refractivity contribution in [2.75, 3.05) is 13.1 Å². The second-order valence-corrected chi connectivity index (χ2v) is 16.1. The van der Waals surface area contributed by atoms with Crippen LogP contribution < -0.4 is 21.7 Å². The topological polar surface area (TPSA) is 191 Å². The number of aliphatic hydroxyl groups is 1. The first-order chi connectivity index (χ1) is 22.0. The van der Waals surface area contributed by atoms with Gasteiger partial charge in [-0.2, -0.15) is 0 Å². The van der Waals surface area contributed by atoms with Crippen molar-refractivity contribution >= 4 is 35.4 Å². The Hall–Kier alpha value is -3.22. The summed E-state index contributed by atoms with van der Waals surface area (Å²) < 4.78 is 0. The van der Waals surface area contributed by atoms with Crippen molar-refractivity contribution < 1.29 is 33.9 Å². The molecule has 4 rings (SSSR count). The summed E-state index contributed by atoms with van der Waals surface area (Å²) in [4.78, 5) is 81.5. The maximum Gasteiger partial charge on any atom is 0.315 e. The number of Topliss-reactive ketones (excluding diaryl/α,β-unsaturated/α-hetero) is 1. The number of amides is 6. The van der Waals surface area contributed by atoms with Crippen LogP contribution in [0.2, 0.25) is 0 Å². The van der Waals surface area contributed by atoms with Gasteiger partial charge in [-0.3, -0.25) is 24.0 Å². The van der Waals surface area contributed by atoms with Gasteiger partial charge in [0.05, 0.1) is 12.1 Å². The minimum atomic E-state index is -1.10. The summed E-state index contributed by atoms with van der Waals surface area (Å²) in [5.74, 6) is -2.82. The van der Waals surface area contributed by atoms with E-state index in [1.54, 1.807) is 0 Å². The van der Waals surface area contributed by atoms with Crippen molar-refractivity contribution in [1.82, 2.24) is 25.8 Å². The highest BCUT2D eigenvalue weighted by molar-refractivity contribution is 6.37. The first-order valence-electron chi connectivity index (χ1n) is 17.5. The van der Waals surface area contributed by atoms with Crippen LogP contribution in [0, 0.1) is 22.7 Å². The minimum absolute atomic E-state index is 0.119. The van der Waals surface area contributed by atoms with Gasteiger partial charge in [0.1, 0.15) is 18.3 Å². The number of hydrogen-bond donors (Lipinski definition) is 5. The number of urea groups is 1. The largest absolute Gasteiger partial charge is 0.374 e. The molecule has 4 fully saturated rings. The van der Waals surface area contributed by atoms with Gasteiger partial charge in [0.2, 0.25) is 23.5 Å². The Labute approximate surface area is 278 Å². The monoisotopic (exact) mass is 660 g/mol. The molecule has 6 amide bonds. The summed E-state index contributed by atoms with van der Waals surface area (Å²) in [6.07, 6.45) is 7.35. The Morgan fingerprint density at radius 2 is 1.62 bits per heavy atom. The molecular weight excluding hydrogens is 604 g/mol. The van der Waals surface area contributed by atoms with E-state index < -0.39 is 59.4 Å². The highest BCUT2D eigenvalue weighted by Crippen LogP contribution is 2.36. The Morgan fingerprint density at radius 3 is 2.19 bits per heavy atom. The second-order valence-electron chi connectivity index (χ2n) is 16.1. The summed E-state index contributed by atoms with van der Waals surface area (Å²) >= 11 is 0. The zero-order chi connectivity index (χ0) is 34.7. The summed E-state index contributed by atoms with van der Waals surface area (Å²) in [5, 5.41) is 19.5. The number of piperidine rings is 1. The van der Waals surface area contributed by atoms with Crippen LogP contribution in [-0.4, -0.2) is 93.8 Å². The molecule has 2 heterocycles. The van der Waals surface area contributed by atoms with Crippen molar-refractivity contribution in [1.29, 1.82) is 0 Å². The Morgan fingerprint density at radius 1 is 0.957 bits per heavy atom. The molecule has 0 aromatic heterocycles. The SMILES string of the molecule is CC1(C)CC(=O)N(C[C@@H](NC(=O)N[C@H](C(=O)N2CCC[C@H]2C(=O)NC(CC2CC2)C(=O)C(N)=O)C2CCCCC2)C(C)(C)C)C(O)C1. The first-order valence-corrected chi connectivity index (χ1v) is 17.5. The zero-order valence-electron chi connectivity index (χ0n) is 28.8. The van der Waals surface area contributed by atoms with E-state index in [4.69, 9.17) is 5.73 Å². The molecule has 6 N–H and O–H groups in total. The van der Waals surface area contributed by atoms with Crippen LogP contribution >= 0.6 is 0 Å². The van der Waals surface area contributed by atoms with Crippen molar-refractivity contribution in [3.8, 4) is 0 Å². The van der Waals surface area contributed by atoms with Gasteiger partial charge in [0.15, 0.2) is 0 Å². The lowest BCUT2D eigenvalue weighted by atomic mass is 9.80. The molecule has 13 nitrogen and oxygen atoms in total. The number of nitrogens with zero attached hydrogens (tertiary/aromatic N) is 2. The van der Waals surface area contributed by atoms with E-state index in [0.29, 0.717) is 38.6 Å². The zero-order valence-corrected chi connectivity index (χ0v) is 28.8. The average molecular weight is 661 g/mol. The predicted molar refractivity (Wildman–Crippen MR) is 174 cm³/mol. The quantitative estimate of drug-likeness (QED) is 0.198. The van der Waals surface area contributed by atoms with Gasteiger partial charge in [-0.05, 0) is 61.2 Å². The van der Waals surface area contributed by atoms with Crippen LogP contribution in [0.4, 0.5) is 4.79 Å². The Kier molecular flexibility index (Phi) is 11.6. The van der Waals surface area contributed by atoms with E-state index in [1.165, 1.54) is 9.80 Å². The van der Waals surface area contributed by atoms with Crippen LogP contribution in [0.1, 0.15) is 112 Å². The molecule has 2 saturated heterocycles. The normalized spacial score (nSPS) is 25.4. The van der Waals surface area contributed by atoms with E-state index in [-0.39, 0.29) is 35.6 Å². The molecule has 2 aliphatic heterocycles. The number of likely N-dealkylation sites (tertiary alicyclic amines) is 2. The number of primary amides is 1. The first kappa shape index (κ1) is 36.6. The fourth-order valence-corrected chi connectivity index (χ4v) is 7.34. The summed E-state index contributed by atoms with van der Waals surface area (Å²) in [7, 11) is 0. The standard InChI is InChI=1S/C34H56N6O7/c1-33(2,3)24(19-40-25(41)17-34(4,5)18-26(40)42)37-32(47)38-27(21-10-7-6-8-11-21)31(46)39-15-9-12-23(39)30(45)36-22(16-20-13-14-20)28(43)29(35)44/h20-25,27,41H,6-19H2,1-5H3,(H2,35,44)(H,36,45)(H2,37,38,47)/t22?,23-,24+,25?,27-/m0/s1. The third-order valence-electron chi connectivity index (χ3n) is 10.4. The maximum atomic E-state index is 14.2. The lowest BCUT2D eigenvalue weighted by Crippen LogP contribution is -2.62. The highest BCUT2D eigenvalue weighted by Gasteiger charge is 2.44. The number of carbonyl (C=O) groups is 6. The van der Waals surface area contributed by atoms with E-state index in [1.807, 2.05) is 34.6 Å². The van der Waals surface area contributed by atoms with Crippen LogP contribution in [0.15, 0.2) is 0 Å². The van der Waals surface area contributed by atoms with Crippen molar-refractivity contribution in [3.63, 3.8) is 0 Å². The van der Waals surface area contributed by atoms with E-state index >= 15 is 0 Å². The fourth-order valence-electron chi connectivity index (χ4n) is 7.34. The van der Waals surface area contributed by atoms with Crippen LogP contribution in [0.25, 0.3) is 0 Å². The molecule has 0 aromatic rings. The minimum Gasteiger partial charge on any atom is -0.374 e. The van der Waals surface area contributed by atoms with Gasteiger partial charge in [-0.15, -0.1) is 0 Å². The molecule has 0 bridgehead atoms. The summed E-state index contributed by atoms with van der Waals surface area (Å²) in [6.45, 7) is 10.2. The molecule has 2 saturated carbocycles. The average Bonchev–Trinajstić information content (AvgIpc) is 3.66. The number of ketones is 1. The van der Waals surface area contributed by atoms with Crippen LogP contribution in [0.3, 0.4) is 0 Å². The molecule has 5 atom stereocenters. The Bertz CT molecular complexity index is 1210. The maximum absolute atomic E-state index is 14.2. The van der Waals surface area contributed by atoms with Gasteiger partial charge in [0.25, 0.3) is 5.91 Å². The molecule has 2 aliphatic carbocycles. The lowest BCUT2D eigenvalue weighted by molar-refractivity contribution is -0.155. The molecular formula is C34H56N6O7. The molecule has 0 aromatic carbocycles. The fraction of sp³-hybridized carbons (Fsp3) is 0.824. The third kappa shape index (κ3) is 9.67. The number of nitrogens with two attached hydrogens (primary N) is 1. The lowest BCUT2D eigenvalue weighted by Gasteiger charge is -2.44.